The number of benzene rings is 2. The zero-order valence-electron chi connectivity index (χ0n) is 16.4. The summed E-state index contributed by atoms with van der Waals surface area (Å²) in [6.07, 6.45) is 2.08. The van der Waals surface area contributed by atoms with E-state index in [1.807, 2.05) is 4.57 Å². The second-order valence-electron chi connectivity index (χ2n) is 7.04. The van der Waals surface area contributed by atoms with E-state index in [0.29, 0.717) is 16.6 Å². The Kier molecular flexibility index (Phi) is 6.08. The van der Waals surface area contributed by atoms with Crippen LogP contribution < -0.4 is 15.4 Å². The molecule has 0 bridgehead atoms. The highest BCUT2D eigenvalue weighted by Crippen LogP contribution is 2.35. The monoisotopic (exact) mass is 441 g/mol. The fourth-order valence-electron chi connectivity index (χ4n) is 3.10. The van der Waals surface area contributed by atoms with Crippen LogP contribution in [0.1, 0.15) is 35.1 Å². The number of para-hydroxylation sites is 2. The van der Waals surface area contributed by atoms with Crippen LogP contribution in [0, 0.1) is 10.6 Å². The Labute approximate surface area is 182 Å². The zero-order chi connectivity index (χ0) is 21.8. The van der Waals surface area contributed by atoms with Gasteiger partial charge in [-0.1, -0.05) is 24.3 Å². The molecule has 0 radical (unpaired) electrons. The topological polar surface area (TPSA) is 101 Å². The highest BCUT2D eigenvalue weighted by molar-refractivity contribution is 7.71. The normalized spacial score (nSPS) is 12.9. The van der Waals surface area contributed by atoms with Crippen molar-refractivity contribution in [1.29, 1.82) is 0 Å². The highest BCUT2D eigenvalue weighted by atomic mass is 32.1. The molecule has 0 aliphatic heterocycles. The van der Waals surface area contributed by atoms with Crippen LogP contribution in [-0.4, -0.2) is 33.2 Å². The van der Waals surface area contributed by atoms with Gasteiger partial charge in [-0.15, -0.1) is 0 Å². The average Bonchev–Trinajstić information content (AvgIpc) is 3.54. The predicted molar refractivity (Wildman–Crippen MR) is 114 cm³/mol. The molecule has 160 valence electrons. The van der Waals surface area contributed by atoms with Crippen molar-refractivity contribution in [2.24, 2.45) is 0 Å². The molecule has 10 heteroatoms. The van der Waals surface area contributed by atoms with Crippen LogP contribution in [0.25, 0.3) is 0 Å². The summed E-state index contributed by atoms with van der Waals surface area (Å²) >= 11 is 5.25. The zero-order valence-corrected chi connectivity index (χ0v) is 17.2. The molecule has 1 fully saturated rings. The van der Waals surface area contributed by atoms with Crippen LogP contribution in [0.5, 0.6) is 5.75 Å². The third-order valence-electron chi connectivity index (χ3n) is 4.73. The first-order valence-electron chi connectivity index (χ1n) is 9.73. The van der Waals surface area contributed by atoms with E-state index in [-0.39, 0.29) is 36.1 Å². The van der Waals surface area contributed by atoms with E-state index in [1.165, 1.54) is 18.2 Å². The first kappa shape index (κ1) is 20.7. The van der Waals surface area contributed by atoms with E-state index in [2.05, 4.69) is 20.8 Å². The van der Waals surface area contributed by atoms with E-state index < -0.39 is 11.7 Å². The Hall–Kier alpha value is -3.53. The molecule has 0 unspecified atom stereocenters. The van der Waals surface area contributed by atoms with Crippen LogP contribution in [-0.2, 0) is 11.3 Å². The minimum atomic E-state index is -0.542. The molecule has 2 aromatic carbocycles. The molecule has 2 amide bonds. The Morgan fingerprint density at radius 3 is 2.71 bits per heavy atom. The Bertz CT molecular complexity index is 1170. The number of anilines is 1. The number of nitrogens with one attached hydrogen (secondary N) is 3. The van der Waals surface area contributed by atoms with Gasteiger partial charge in [-0.2, -0.15) is 5.10 Å². The van der Waals surface area contributed by atoms with Crippen molar-refractivity contribution >= 4 is 29.7 Å². The summed E-state index contributed by atoms with van der Waals surface area (Å²) in [5.41, 5.74) is 0.333. The van der Waals surface area contributed by atoms with Gasteiger partial charge in [-0.3, -0.25) is 19.3 Å². The van der Waals surface area contributed by atoms with Gasteiger partial charge in [0.1, 0.15) is 11.6 Å². The number of rotatable bonds is 8. The molecule has 3 aromatic rings. The second kappa shape index (κ2) is 9.09. The molecule has 0 atom stereocenters. The molecule has 4 rings (SSSR count). The maximum atomic E-state index is 13.7. The molecular weight excluding hydrogens is 421 g/mol. The molecule has 1 aliphatic carbocycles. The third kappa shape index (κ3) is 4.97. The molecule has 1 aliphatic rings. The SMILES string of the molecule is O=C(COc1ccccc1C(=O)NCc1n[nH]c(=S)n1C1CC1)Nc1ccccc1F. The van der Waals surface area contributed by atoms with Gasteiger partial charge in [0.05, 0.1) is 17.8 Å². The van der Waals surface area contributed by atoms with Gasteiger partial charge in [-0.05, 0) is 49.3 Å². The van der Waals surface area contributed by atoms with Gasteiger partial charge in [0.15, 0.2) is 17.2 Å². The number of hydrogen-bond donors (Lipinski definition) is 3. The number of aromatic nitrogens is 3. The number of carbonyl (C=O) groups is 2. The number of amides is 2. The molecule has 1 heterocycles. The predicted octanol–water partition coefficient (Wildman–Crippen LogP) is 3.36. The van der Waals surface area contributed by atoms with Gasteiger partial charge in [0.2, 0.25) is 0 Å². The number of H-pyrrole nitrogens is 1. The molecule has 3 N–H and O–H groups in total. The van der Waals surface area contributed by atoms with Gasteiger partial charge in [0, 0.05) is 6.04 Å². The van der Waals surface area contributed by atoms with Crippen LogP contribution in [0.2, 0.25) is 0 Å². The van der Waals surface area contributed by atoms with Crippen LogP contribution in [0.3, 0.4) is 0 Å². The lowest BCUT2D eigenvalue weighted by Crippen LogP contribution is -2.26. The molecule has 0 spiro atoms. The third-order valence-corrected chi connectivity index (χ3v) is 5.02. The van der Waals surface area contributed by atoms with Crippen molar-refractivity contribution in [3.05, 3.63) is 70.5 Å². The van der Waals surface area contributed by atoms with Crippen molar-refractivity contribution in [2.75, 3.05) is 11.9 Å². The number of halogens is 1. The summed E-state index contributed by atoms with van der Waals surface area (Å²) in [5.74, 6) is -0.561. The quantitative estimate of drug-likeness (QED) is 0.466. The molecule has 0 saturated heterocycles. The number of aromatic amines is 1. The minimum Gasteiger partial charge on any atom is -0.483 e. The first-order valence-corrected chi connectivity index (χ1v) is 10.1. The molecule has 31 heavy (non-hydrogen) atoms. The summed E-state index contributed by atoms with van der Waals surface area (Å²) in [4.78, 5) is 24.8. The van der Waals surface area contributed by atoms with Crippen molar-refractivity contribution in [2.45, 2.75) is 25.4 Å². The summed E-state index contributed by atoms with van der Waals surface area (Å²) in [5, 5.41) is 12.2. The average molecular weight is 441 g/mol. The summed E-state index contributed by atoms with van der Waals surface area (Å²) < 4.78 is 21.6. The molecule has 8 nitrogen and oxygen atoms in total. The van der Waals surface area contributed by atoms with Crippen molar-refractivity contribution in [3.8, 4) is 5.75 Å². The van der Waals surface area contributed by atoms with E-state index >= 15 is 0 Å². The lowest BCUT2D eigenvalue weighted by Gasteiger charge is -2.12. The molecular formula is C21H20FN5O3S. The Morgan fingerprint density at radius 2 is 1.94 bits per heavy atom. The Balaban J connectivity index is 1.37. The van der Waals surface area contributed by atoms with Gasteiger partial charge in [0.25, 0.3) is 11.8 Å². The standard InChI is InChI=1S/C21H20FN5O3S/c22-15-6-2-3-7-16(15)24-19(28)12-30-17-8-4-1-5-14(17)20(29)23-11-18-25-26-21(31)27(18)13-9-10-13/h1-8,13H,9-12H2,(H,23,29)(H,24,28)(H,26,31). The summed E-state index contributed by atoms with van der Waals surface area (Å²) in [6.45, 7) is -0.177. The van der Waals surface area contributed by atoms with Crippen molar-refractivity contribution < 1.29 is 18.7 Å². The largest absolute Gasteiger partial charge is 0.483 e. The fraction of sp³-hybridized carbons (Fsp3) is 0.238. The first-order chi connectivity index (χ1) is 15.0. The number of hydrogen-bond acceptors (Lipinski definition) is 5. The molecule has 1 aromatic heterocycles. The molecule has 1 saturated carbocycles. The minimum absolute atomic E-state index is 0.0613. The Morgan fingerprint density at radius 1 is 1.19 bits per heavy atom. The van der Waals surface area contributed by atoms with E-state index in [1.54, 1.807) is 30.3 Å². The van der Waals surface area contributed by atoms with Crippen LogP contribution in [0.4, 0.5) is 10.1 Å². The maximum absolute atomic E-state index is 13.7. The van der Waals surface area contributed by atoms with Crippen molar-refractivity contribution in [1.82, 2.24) is 20.1 Å². The van der Waals surface area contributed by atoms with E-state index in [4.69, 9.17) is 17.0 Å². The summed E-state index contributed by atoms with van der Waals surface area (Å²) in [6, 6.07) is 12.7. The lowest BCUT2D eigenvalue weighted by molar-refractivity contribution is -0.118. The fourth-order valence-corrected chi connectivity index (χ4v) is 3.40. The number of carbonyl (C=O) groups excluding carboxylic acids is 2. The van der Waals surface area contributed by atoms with Gasteiger partial charge in [-0.25, -0.2) is 4.39 Å². The highest BCUT2D eigenvalue weighted by Gasteiger charge is 2.27. The van der Waals surface area contributed by atoms with E-state index in [9.17, 15) is 14.0 Å². The lowest BCUT2D eigenvalue weighted by atomic mass is 10.2. The number of ether oxygens (including phenoxy) is 1. The number of nitrogens with zero attached hydrogens (tertiary/aromatic N) is 2. The van der Waals surface area contributed by atoms with Crippen LogP contribution >= 0.6 is 12.2 Å². The van der Waals surface area contributed by atoms with E-state index in [0.717, 1.165) is 12.8 Å². The maximum Gasteiger partial charge on any atom is 0.262 e. The van der Waals surface area contributed by atoms with Gasteiger partial charge >= 0.3 is 0 Å². The smallest absolute Gasteiger partial charge is 0.262 e. The summed E-state index contributed by atoms with van der Waals surface area (Å²) in [7, 11) is 0. The second-order valence-corrected chi connectivity index (χ2v) is 7.43. The van der Waals surface area contributed by atoms with Gasteiger partial charge < -0.3 is 15.4 Å². The van der Waals surface area contributed by atoms with Crippen LogP contribution in [0.15, 0.2) is 48.5 Å². The van der Waals surface area contributed by atoms with Crippen molar-refractivity contribution in [3.63, 3.8) is 0 Å².